The summed E-state index contributed by atoms with van der Waals surface area (Å²) in [7, 11) is 1.70. The maximum absolute atomic E-state index is 12.3. The average Bonchev–Trinajstić information content (AvgIpc) is 2.55. The fourth-order valence-electron chi connectivity index (χ4n) is 2.23. The summed E-state index contributed by atoms with van der Waals surface area (Å²) in [5, 5.41) is 17.3. The molecule has 0 aliphatic heterocycles. The van der Waals surface area contributed by atoms with Gasteiger partial charge in [-0.25, -0.2) is 0 Å². The fourth-order valence-corrected chi connectivity index (χ4v) is 2.23. The van der Waals surface area contributed by atoms with Crippen LogP contribution in [0.2, 0.25) is 0 Å². The molecular weight excluding hydrogens is 349 g/mol. The number of rotatable bonds is 9. The minimum absolute atomic E-state index is 0.0671. The zero-order valence-electron chi connectivity index (χ0n) is 14.3. The van der Waals surface area contributed by atoms with E-state index in [1.165, 1.54) is 29.2 Å². The Morgan fingerprint density at radius 2 is 1.65 bits per heavy atom. The minimum atomic E-state index is -4.74. The quantitative estimate of drug-likeness (QED) is 0.669. The topological polar surface area (TPSA) is 80.4 Å². The van der Waals surface area contributed by atoms with E-state index in [1.807, 2.05) is 12.1 Å². The van der Waals surface area contributed by atoms with Crippen molar-refractivity contribution < 1.29 is 22.7 Å². The van der Waals surface area contributed by atoms with Gasteiger partial charge in [-0.2, -0.15) is 10.5 Å². The molecule has 0 N–H and O–H groups in total. The summed E-state index contributed by atoms with van der Waals surface area (Å²) in [5.41, 5.74) is 0.718. The Labute approximate surface area is 150 Å². The van der Waals surface area contributed by atoms with Crippen LogP contribution in [0.5, 0.6) is 5.75 Å². The summed E-state index contributed by atoms with van der Waals surface area (Å²) in [6.07, 6.45) is -4.37. The molecule has 0 saturated carbocycles. The van der Waals surface area contributed by atoms with Crippen molar-refractivity contribution in [3.05, 3.63) is 29.8 Å². The Bertz CT molecular complexity index is 645. The van der Waals surface area contributed by atoms with E-state index in [2.05, 4.69) is 4.74 Å². The van der Waals surface area contributed by atoms with Gasteiger partial charge in [0.05, 0.1) is 31.5 Å². The number of amides is 1. The van der Waals surface area contributed by atoms with Crippen molar-refractivity contribution >= 4 is 5.91 Å². The summed E-state index contributed by atoms with van der Waals surface area (Å²) in [4.78, 5) is 15.5. The molecule has 0 spiro atoms. The highest BCUT2D eigenvalue weighted by Crippen LogP contribution is 2.22. The third kappa shape index (κ3) is 8.36. The molecule has 0 saturated heterocycles. The number of ether oxygens (including phenoxy) is 1. The summed E-state index contributed by atoms with van der Waals surface area (Å²) >= 11 is 0. The first-order valence-electron chi connectivity index (χ1n) is 7.80. The van der Waals surface area contributed by atoms with Gasteiger partial charge in [-0.1, -0.05) is 12.1 Å². The summed E-state index contributed by atoms with van der Waals surface area (Å²) in [6, 6.07) is 9.33. The Balaban J connectivity index is 2.58. The van der Waals surface area contributed by atoms with Crippen LogP contribution in [0.15, 0.2) is 24.3 Å². The van der Waals surface area contributed by atoms with E-state index >= 15 is 0 Å². The van der Waals surface area contributed by atoms with Crippen molar-refractivity contribution in [2.45, 2.75) is 25.7 Å². The molecule has 0 heterocycles. The number of hydrogen-bond donors (Lipinski definition) is 0. The average molecular weight is 368 g/mol. The Hall–Kier alpha value is -2.78. The SMILES string of the molecule is CN(CC(=O)N(CCC#N)CCC#N)Cc1ccc(OC(F)(F)F)cc1. The van der Waals surface area contributed by atoms with E-state index in [1.54, 1.807) is 11.9 Å². The van der Waals surface area contributed by atoms with Crippen molar-refractivity contribution in [3.8, 4) is 17.9 Å². The monoisotopic (exact) mass is 368 g/mol. The van der Waals surface area contributed by atoms with E-state index in [9.17, 15) is 18.0 Å². The maximum atomic E-state index is 12.3. The zero-order valence-corrected chi connectivity index (χ0v) is 14.3. The van der Waals surface area contributed by atoms with Gasteiger partial charge < -0.3 is 9.64 Å². The lowest BCUT2D eigenvalue weighted by Gasteiger charge is -2.24. The Morgan fingerprint density at radius 3 is 2.12 bits per heavy atom. The van der Waals surface area contributed by atoms with Crippen LogP contribution in [0.3, 0.4) is 0 Å². The predicted molar refractivity (Wildman–Crippen MR) is 86.5 cm³/mol. The lowest BCUT2D eigenvalue weighted by molar-refractivity contribution is -0.274. The molecule has 0 bridgehead atoms. The molecule has 0 atom stereocenters. The Kier molecular flexibility index (Phi) is 8.40. The molecule has 0 radical (unpaired) electrons. The number of halogens is 3. The van der Waals surface area contributed by atoms with Gasteiger partial charge in [0.2, 0.25) is 5.91 Å². The van der Waals surface area contributed by atoms with Gasteiger partial charge in [-0.3, -0.25) is 9.69 Å². The molecule has 140 valence electrons. The third-order valence-electron chi connectivity index (χ3n) is 3.35. The summed E-state index contributed by atoms with van der Waals surface area (Å²) in [6.45, 7) is 0.933. The first-order valence-corrected chi connectivity index (χ1v) is 7.80. The lowest BCUT2D eigenvalue weighted by Crippen LogP contribution is -2.39. The van der Waals surface area contributed by atoms with Gasteiger partial charge in [0, 0.05) is 19.6 Å². The molecule has 1 aromatic carbocycles. The number of benzene rings is 1. The van der Waals surface area contributed by atoms with Crippen molar-refractivity contribution in [2.24, 2.45) is 0 Å². The number of nitrogens with zero attached hydrogens (tertiary/aromatic N) is 4. The second kappa shape index (κ2) is 10.3. The molecule has 26 heavy (non-hydrogen) atoms. The molecule has 0 fully saturated rings. The van der Waals surface area contributed by atoms with Crippen LogP contribution >= 0.6 is 0 Å². The van der Waals surface area contributed by atoms with Crippen molar-refractivity contribution in [2.75, 3.05) is 26.7 Å². The van der Waals surface area contributed by atoms with E-state index in [-0.39, 0.29) is 44.1 Å². The van der Waals surface area contributed by atoms with Gasteiger partial charge in [-0.05, 0) is 24.7 Å². The third-order valence-corrected chi connectivity index (χ3v) is 3.35. The first-order chi connectivity index (χ1) is 12.2. The molecule has 0 unspecified atom stereocenters. The highest BCUT2D eigenvalue weighted by Gasteiger charge is 2.30. The summed E-state index contributed by atoms with van der Waals surface area (Å²) in [5.74, 6) is -0.519. The van der Waals surface area contributed by atoms with Gasteiger partial charge in [0.1, 0.15) is 5.75 Å². The Morgan fingerprint density at radius 1 is 1.12 bits per heavy atom. The number of likely N-dealkylation sites (N-methyl/N-ethyl adjacent to an activating group) is 1. The van der Waals surface area contributed by atoms with Crippen LogP contribution in [-0.2, 0) is 11.3 Å². The highest BCUT2D eigenvalue weighted by atomic mass is 19.4. The van der Waals surface area contributed by atoms with Crippen LogP contribution in [0.1, 0.15) is 18.4 Å². The molecule has 1 amide bonds. The van der Waals surface area contributed by atoms with Crippen LogP contribution in [0.4, 0.5) is 13.2 Å². The normalized spacial score (nSPS) is 10.9. The van der Waals surface area contributed by atoms with E-state index in [0.717, 1.165) is 5.56 Å². The van der Waals surface area contributed by atoms with Crippen LogP contribution in [0.25, 0.3) is 0 Å². The van der Waals surface area contributed by atoms with Crippen molar-refractivity contribution in [3.63, 3.8) is 0 Å². The van der Waals surface area contributed by atoms with Crippen LogP contribution < -0.4 is 4.74 Å². The zero-order chi connectivity index (χ0) is 19.6. The minimum Gasteiger partial charge on any atom is -0.406 e. The van der Waals surface area contributed by atoms with E-state index in [4.69, 9.17) is 10.5 Å². The number of alkyl halides is 3. The fraction of sp³-hybridized carbons (Fsp3) is 0.471. The van der Waals surface area contributed by atoms with Crippen molar-refractivity contribution in [1.29, 1.82) is 10.5 Å². The molecule has 9 heteroatoms. The smallest absolute Gasteiger partial charge is 0.406 e. The van der Waals surface area contributed by atoms with Crippen molar-refractivity contribution in [1.82, 2.24) is 9.80 Å². The summed E-state index contributed by atoms with van der Waals surface area (Å²) < 4.78 is 40.2. The van der Waals surface area contributed by atoms with Gasteiger partial charge in [-0.15, -0.1) is 13.2 Å². The van der Waals surface area contributed by atoms with E-state index < -0.39 is 6.36 Å². The largest absolute Gasteiger partial charge is 0.573 e. The molecule has 1 rings (SSSR count). The van der Waals surface area contributed by atoms with Gasteiger partial charge >= 0.3 is 6.36 Å². The predicted octanol–water partition coefficient (Wildman–Crippen LogP) is 2.67. The number of carbonyl (C=O) groups excluding carboxylic acids is 1. The van der Waals surface area contributed by atoms with Crippen LogP contribution in [-0.4, -0.2) is 48.8 Å². The van der Waals surface area contributed by atoms with Crippen LogP contribution in [0, 0.1) is 22.7 Å². The number of carbonyl (C=O) groups is 1. The molecule has 0 aromatic heterocycles. The van der Waals surface area contributed by atoms with Gasteiger partial charge in [0.15, 0.2) is 0 Å². The van der Waals surface area contributed by atoms with E-state index in [0.29, 0.717) is 6.54 Å². The standard InChI is InChI=1S/C17H19F3N4O2/c1-23(13-16(25)24(10-2-8-21)11-3-9-22)12-14-4-6-15(7-5-14)26-17(18,19)20/h4-7H,2-3,10-13H2,1H3. The molecular formula is C17H19F3N4O2. The molecule has 6 nitrogen and oxygen atoms in total. The second-order valence-corrected chi connectivity index (χ2v) is 5.56. The number of hydrogen-bond acceptors (Lipinski definition) is 5. The first kappa shape index (κ1) is 21.3. The van der Waals surface area contributed by atoms with Gasteiger partial charge in [0.25, 0.3) is 0 Å². The maximum Gasteiger partial charge on any atom is 0.573 e. The molecule has 0 aliphatic rings. The highest BCUT2D eigenvalue weighted by molar-refractivity contribution is 5.78. The molecule has 0 aliphatic carbocycles. The lowest BCUT2D eigenvalue weighted by atomic mass is 10.2. The second-order valence-electron chi connectivity index (χ2n) is 5.56. The molecule has 1 aromatic rings. The number of nitriles is 2.